The molecule has 4 aromatic carbocycles. The Balaban J connectivity index is 1.74. The fourth-order valence-electron chi connectivity index (χ4n) is 7.13. The van der Waals surface area contributed by atoms with Gasteiger partial charge in [-0.15, -0.1) is 0 Å². The van der Waals surface area contributed by atoms with E-state index in [1.165, 1.54) is 39.0 Å². The zero-order chi connectivity index (χ0) is 32.3. The Kier molecular flexibility index (Phi) is 8.36. The summed E-state index contributed by atoms with van der Waals surface area (Å²) in [6.45, 7) is 23.6. The molecule has 0 amide bonds. The van der Waals surface area contributed by atoms with Crippen LogP contribution in [0.3, 0.4) is 0 Å². The van der Waals surface area contributed by atoms with E-state index >= 15 is 0 Å². The predicted octanol–water partition coefficient (Wildman–Crippen LogP) is 11.7. The molecule has 1 atom stereocenters. The molecule has 0 saturated heterocycles. The Bertz CT molecular complexity index is 1720. The first-order chi connectivity index (χ1) is 21.1. The summed E-state index contributed by atoms with van der Waals surface area (Å²) in [6.07, 6.45) is 5.22. The number of hydrogen-bond acceptors (Lipinski definition) is 0. The molecule has 0 heterocycles. The third-order valence-corrected chi connectivity index (χ3v) is 18.5. The summed E-state index contributed by atoms with van der Waals surface area (Å²) in [4.78, 5) is 0. The van der Waals surface area contributed by atoms with E-state index in [-0.39, 0.29) is 16.2 Å². The molecule has 1 heteroatoms. The van der Waals surface area contributed by atoms with E-state index in [1.54, 1.807) is 17.6 Å². The van der Waals surface area contributed by atoms with Gasteiger partial charge in [0.2, 0.25) is 0 Å². The molecular formula is C44H50Zr. The molecule has 0 saturated carbocycles. The Labute approximate surface area is 280 Å². The monoisotopic (exact) mass is 668 g/mol. The molecule has 0 nitrogen and oxygen atoms in total. The van der Waals surface area contributed by atoms with Crippen molar-refractivity contribution in [3.05, 3.63) is 151 Å². The van der Waals surface area contributed by atoms with Gasteiger partial charge in [-0.25, -0.2) is 0 Å². The van der Waals surface area contributed by atoms with Gasteiger partial charge in [-0.3, -0.25) is 0 Å². The van der Waals surface area contributed by atoms with Crippen LogP contribution in [0.5, 0.6) is 0 Å². The van der Waals surface area contributed by atoms with Crippen LogP contribution in [-0.4, -0.2) is 3.21 Å². The maximum atomic E-state index is 2.65. The van der Waals surface area contributed by atoms with Crippen molar-refractivity contribution >= 4 is 3.21 Å². The molecule has 0 aromatic heterocycles. The van der Waals surface area contributed by atoms with Crippen LogP contribution in [0.1, 0.15) is 106 Å². The van der Waals surface area contributed by atoms with Gasteiger partial charge in [0.1, 0.15) is 0 Å². The van der Waals surface area contributed by atoms with Crippen LogP contribution < -0.4 is 0 Å². The van der Waals surface area contributed by atoms with Crippen molar-refractivity contribution in [1.29, 1.82) is 0 Å². The second kappa shape index (κ2) is 11.7. The van der Waals surface area contributed by atoms with Crippen LogP contribution in [-0.2, 0) is 32.1 Å². The summed E-state index contributed by atoms with van der Waals surface area (Å²) >= 11 is -2.82. The summed E-state index contributed by atoms with van der Waals surface area (Å²) in [5.41, 5.74) is 13.4. The number of benzene rings is 4. The topological polar surface area (TPSA) is 0 Å². The molecule has 230 valence electrons. The second-order valence-electron chi connectivity index (χ2n) is 16.3. The van der Waals surface area contributed by atoms with Gasteiger partial charge in [0, 0.05) is 0 Å². The predicted molar refractivity (Wildman–Crippen MR) is 192 cm³/mol. The first-order valence-corrected chi connectivity index (χ1v) is 20.6. The minimum atomic E-state index is -2.82. The van der Waals surface area contributed by atoms with Gasteiger partial charge in [-0.1, -0.05) is 0 Å². The molecular weight excluding hydrogens is 620 g/mol. The number of hydrogen-bond donors (Lipinski definition) is 0. The van der Waals surface area contributed by atoms with Crippen molar-refractivity contribution in [2.24, 2.45) is 11.3 Å². The third-order valence-electron chi connectivity index (χ3n) is 9.84. The van der Waals surface area contributed by atoms with Gasteiger partial charge in [0.15, 0.2) is 0 Å². The van der Waals surface area contributed by atoms with Crippen molar-refractivity contribution in [3.63, 3.8) is 0 Å². The second-order valence-corrected chi connectivity index (χ2v) is 22.4. The number of allylic oxidation sites excluding steroid dienone is 4. The average Bonchev–Trinajstić information content (AvgIpc) is 3.53. The Hall–Kier alpha value is -2.89. The average molecular weight is 670 g/mol. The van der Waals surface area contributed by atoms with Gasteiger partial charge in [-0.2, -0.15) is 0 Å². The quantitative estimate of drug-likeness (QED) is 0.203. The molecule has 2 aliphatic rings. The molecule has 4 aromatic rings. The molecule has 0 N–H and O–H groups in total. The van der Waals surface area contributed by atoms with E-state index < -0.39 is 21.3 Å². The van der Waals surface area contributed by atoms with Gasteiger partial charge in [0.05, 0.1) is 0 Å². The molecule has 0 bridgehead atoms. The number of fused-ring (bicyclic) bond motifs is 3. The fraction of sp³-hybridized carbons (Fsp3) is 0.341. The Morgan fingerprint density at radius 2 is 1.00 bits per heavy atom. The maximum absolute atomic E-state index is 2.82. The molecule has 2 aliphatic carbocycles. The third kappa shape index (κ3) is 6.15. The van der Waals surface area contributed by atoms with E-state index in [0.717, 1.165) is 0 Å². The van der Waals surface area contributed by atoms with Crippen molar-refractivity contribution < 1.29 is 21.3 Å². The summed E-state index contributed by atoms with van der Waals surface area (Å²) in [5.74, 6) is 0.436. The van der Waals surface area contributed by atoms with Crippen LogP contribution in [0.15, 0.2) is 118 Å². The minimum absolute atomic E-state index is 0.0931. The Morgan fingerprint density at radius 3 is 1.38 bits per heavy atom. The first kappa shape index (κ1) is 32.1. The van der Waals surface area contributed by atoms with Gasteiger partial charge in [0.25, 0.3) is 0 Å². The van der Waals surface area contributed by atoms with Crippen molar-refractivity contribution in [3.8, 4) is 11.1 Å². The molecule has 0 radical (unpaired) electrons. The van der Waals surface area contributed by atoms with E-state index in [4.69, 9.17) is 0 Å². The van der Waals surface area contributed by atoms with E-state index in [9.17, 15) is 0 Å². The summed E-state index contributed by atoms with van der Waals surface area (Å²) < 4.78 is 3.73. The molecule has 45 heavy (non-hydrogen) atoms. The SMILES string of the molecule is CC1C=C(C(C)(C)C)C=[C]1[Zr](=[C](c1ccccc1)c1ccccc1)[CH]1c2ccc(C(C)(C)C)cc2-c2cc(C(C)(C)C)ccc21. The molecule has 6 rings (SSSR count). The van der Waals surface area contributed by atoms with Crippen LogP contribution in [0.25, 0.3) is 11.1 Å². The summed E-state index contributed by atoms with van der Waals surface area (Å²) in [7, 11) is 0. The molecule has 0 fully saturated rings. The van der Waals surface area contributed by atoms with Crippen LogP contribution in [0.2, 0.25) is 0 Å². The van der Waals surface area contributed by atoms with Gasteiger partial charge >= 0.3 is 282 Å². The van der Waals surface area contributed by atoms with Crippen molar-refractivity contribution in [1.82, 2.24) is 0 Å². The molecule has 1 unspecified atom stereocenters. The summed E-state index contributed by atoms with van der Waals surface area (Å²) in [5, 5.41) is 0. The van der Waals surface area contributed by atoms with Gasteiger partial charge in [-0.05, 0) is 0 Å². The van der Waals surface area contributed by atoms with E-state index in [0.29, 0.717) is 9.54 Å². The van der Waals surface area contributed by atoms with Crippen LogP contribution in [0, 0.1) is 11.3 Å². The van der Waals surface area contributed by atoms with Crippen molar-refractivity contribution in [2.45, 2.75) is 83.7 Å². The zero-order valence-corrected chi connectivity index (χ0v) is 31.5. The van der Waals surface area contributed by atoms with Crippen molar-refractivity contribution in [2.75, 3.05) is 0 Å². The van der Waals surface area contributed by atoms with Gasteiger partial charge < -0.3 is 0 Å². The van der Waals surface area contributed by atoms with E-state index in [2.05, 4.69) is 178 Å². The normalized spacial score (nSPS) is 16.6. The van der Waals surface area contributed by atoms with Crippen LogP contribution >= 0.6 is 0 Å². The standard InChI is InChI=1S/C21H25.C13H10.C10H15.Zr/c1-20(2,3)16-9-7-14-11-15-8-10-17(21(4,5)6)13-19(15)18(14)12-16;1-3-7-12(8-4-1)11-13-9-5-2-6-10-13;1-8-5-6-9(7-8)10(2,3)4;/h7-13H,1-6H3;1-10H;6-8H,1-4H3;. The van der Waals surface area contributed by atoms with Crippen LogP contribution in [0.4, 0.5) is 0 Å². The number of rotatable bonds is 4. The first-order valence-electron chi connectivity index (χ1n) is 16.7. The zero-order valence-electron chi connectivity index (χ0n) is 29.0. The Morgan fingerprint density at radius 1 is 0.556 bits per heavy atom. The fourth-order valence-corrected chi connectivity index (χ4v) is 16.7. The molecule has 0 spiro atoms. The van der Waals surface area contributed by atoms with E-state index in [1.807, 2.05) is 0 Å². The summed E-state index contributed by atoms with van der Waals surface area (Å²) in [6, 6.07) is 37.7. The molecule has 0 aliphatic heterocycles.